The number of hydrogen-bond donors (Lipinski definition) is 1. The largest absolute Gasteiger partial charge is 0.497 e. The normalized spacial score (nSPS) is 18.4. The molecule has 1 unspecified atom stereocenters. The van der Waals surface area contributed by atoms with Crippen molar-refractivity contribution in [3.8, 4) is 5.75 Å². The van der Waals surface area contributed by atoms with Gasteiger partial charge >= 0.3 is 0 Å². The summed E-state index contributed by atoms with van der Waals surface area (Å²) in [5, 5.41) is 9.53. The Balaban J connectivity index is 1.65. The fourth-order valence-corrected chi connectivity index (χ4v) is 4.25. The molecule has 3 rings (SSSR count). The van der Waals surface area contributed by atoms with Gasteiger partial charge in [-0.2, -0.15) is 0 Å². The van der Waals surface area contributed by atoms with E-state index in [0.717, 1.165) is 26.2 Å². The molecule has 2 aromatic carbocycles. The smallest absolute Gasteiger partial charge is 0.131 e. The monoisotopic (exact) mass is 404 g/mol. The van der Waals surface area contributed by atoms with Crippen molar-refractivity contribution < 1.29 is 14.2 Å². The Morgan fingerprint density at radius 3 is 2.75 bits per heavy atom. The van der Waals surface area contributed by atoms with Crippen LogP contribution in [0.5, 0.6) is 5.75 Å². The first-order valence-corrected chi connectivity index (χ1v) is 10.9. The molecule has 1 N–H and O–H groups in total. The number of nitrogens with zero attached hydrogens (tertiary/aromatic N) is 2. The van der Waals surface area contributed by atoms with Crippen molar-refractivity contribution >= 4 is 11.8 Å². The van der Waals surface area contributed by atoms with Gasteiger partial charge in [-0.3, -0.25) is 9.80 Å². The molecule has 0 saturated carbocycles. The third-order valence-corrected chi connectivity index (χ3v) is 6.05. The summed E-state index contributed by atoms with van der Waals surface area (Å²) in [5.41, 5.74) is 1.98. The summed E-state index contributed by atoms with van der Waals surface area (Å²) in [6.07, 6.45) is 2.78. The first kappa shape index (κ1) is 21.1. The van der Waals surface area contributed by atoms with E-state index in [2.05, 4.69) is 40.3 Å². The molecule has 6 heteroatoms. The molecule has 0 bridgehead atoms. The zero-order valence-corrected chi connectivity index (χ0v) is 17.4. The van der Waals surface area contributed by atoms with Crippen LogP contribution in [0, 0.1) is 5.82 Å². The van der Waals surface area contributed by atoms with E-state index >= 15 is 0 Å². The summed E-state index contributed by atoms with van der Waals surface area (Å²) in [5.74, 6) is 0.295. The number of rotatable bonds is 8. The Hall–Kier alpha value is -1.60. The van der Waals surface area contributed by atoms with Crippen molar-refractivity contribution in [3.63, 3.8) is 0 Å². The second-order valence-corrected chi connectivity index (χ2v) is 8.06. The van der Waals surface area contributed by atoms with Gasteiger partial charge < -0.3 is 9.84 Å². The highest BCUT2D eigenvalue weighted by Crippen LogP contribution is 2.23. The fraction of sp³-hybridized carbons (Fsp3) is 0.455. The van der Waals surface area contributed by atoms with E-state index in [1.54, 1.807) is 31.0 Å². The van der Waals surface area contributed by atoms with Crippen LogP contribution >= 0.6 is 11.8 Å². The molecule has 1 saturated heterocycles. The molecule has 0 aliphatic carbocycles. The molecule has 152 valence electrons. The molecule has 1 atom stereocenters. The van der Waals surface area contributed by atoms with Gasteiger partial charge in [-0.1, -0.05) is 18.2 Å². The number of ether oxygens (including phenoxy) is 1. The predicted molar refractivity (Wildman–Crippen MR) is 112 cm³/mol. The molecule has 0 radical (unpaired) electrons. The second kappa shape index (κ2) is 10.3. The highest BCUT2D eigenvalue weighted by atomic mass is 32.2. The van der Waals surface area contributed by atoms with Gasteiger partial charge in [0.05, 0.1) is 7.11 Å². The van der Waals surface area contributed by atoms with Crippen LogP contribution in [0.1, 0.15) is 17.5 Å². The van der Waals surface area contributed by atoms with Crippen molar-refractivity contribution in [1.82, 2.24) is 9.80 Å². The van der Waals surface area contributed by atoms with E-state index in [1.807, 2.05) is 0 Å². The average Bonchev–Trinajstić information content (AvgIpc) is 2.71. The van der Waals surface area contributed by atoms with Crippen LogP contribution in [0.4, 0.5) is 4.39 Å². The van der Waals surface area contributed by atoms with Gasteiger partial charge in [0.1, 0.15) is 11.6 Å². The molecule has 28 heavy (non-hydrogen) atoms. The third-order valence-electron chi connectivity index (χ3n) is 5.33. The minimum Gasteiger partial charge on any atom is -0.497 e. The fourth-order valence-electron chi connectivity index (χ4n) is 3.76. The van der Waals surface area contributed by atoms with E-state index in [-0.39, 0.29) is 18.5 Å². The predicted octanol–water partition coefficient (Wildman–Crippen LogP) is 3.63. The zero-order valence-electron chi connectivity index (χ0n) is 16.6. The van der Waals surface area contributed by atoms with Crippen molar-refractivity contribution in [1.29, 1.82) is 0 Å². The molecular weight excluding hydrogens is 375 g/mol. The molecule has 1 fully saturated rings. The lowest BCUT2D eigenvalue weighted by atomic mass is 10.1. The van der Waals surface area contributed by atoms with Gasteiger partial charge in [0, 0.05) is 61.9 Å². The number of benzene rings is 2. The van der Waals surface area contributed by atoms with Gasteiger partial charge in [0.25, 0.3) is 0 Å². The summed E-state index contributed by atoms with van der Waals surface area (Å²) in [6, 6.07) is 13.9. The van der Waals surface area contributed by atoms with E-state index in [9.17, 15) is 9.50 Å². The first-order valence-electron chi connectivity index (χ1n) is 9.65. The third kappa shape index (κ3) is 5.47. The lowest BCUT2D eigenvalue weighted by Gasteiger charge is -2.41. The molecule has 1 aliphatic heterocycles. The minimum atomic E-state index is -0.238. The Morgan fingerprint density at radius 1 is 1.18 bits per heavy atom. The Bertz CT molecular complexity index is 774. The van der Waals surface area contributed by atoms with Crippen LogP contribution in [-0.4, -0.2) is 60.6 Å². The van der Waals surface area contributed by atoms with Gasteiger partial charge in [-0.25, -0.2) is 4.39 Å². The van der Waals surface area contributed by atoms with Crippen LogP contribution in [0.25, 0.3) is 0 Å². The van der Waals surface area contributed by atoms with Crippen LogP contribution in [0.2, 0.25) is 0 Å². The van der Waals surface area contributed by atoms with E-state index < -0.39 is 0 Å². The highest BCUT2D eigenvalue weighted by Gasteiger charge is 2.27. The zero-order chi connectivity index (χ0) is 19.9. The van der Waals surface area contributed by atoms with Crippen LogP contribution < -0.4 is 4.74 Å². The van der Waals surface area contributed by atoms with Crippen LogP contribution in [0.15, 0.2) is 47.4 Å². The molecule has 0 amide bonds. The Kier molecular flexibility index (Phi) is 7.73. The quantitative estimate of drug-likeness (QED) is 0.680. The summed E-state index contributed by atoms with van der Waals surface area (Å²) >= 11 is 1.75. The summed E-state index contributed by atoms with van der Waals surface area (Å²) in [6.45, 7) is 4.27. The van der Waals surface area contributed by atoms with Gasteiger partial charge in [0.2, 0.25) is 0 Å². The molecule has 2 aromatic rings. The number of hydrogen-bond acceptors (Lipinski definition) is 5. The van der Waals surface area contributed by atoms with E-state index in [4.69, 9.17) is 4.74 Å². The standard InChI is InChI=1S/C22H29FN2O2S/c1-27-20-7-6-18(22(23)13-20)15-25-10-9-24(16-19(25)8-11-26)14-17-4-3-5-21(12-17)28-2/h3-7,12-13,19,26H,8-11,14-16H2,1-2H3. The highest BCUT2D eigenvalue weighted by molar-refractivity contribution is 7.98. The number of aliphatic hydroxyl groups is 1. The molecular formula is C22H29FN2O2S. The summed E-state index contributed by atoms with van der Waals surface area (Å²) in [7, 11) is 1.54. The van der Waals surface area contributed by atoms with E-state index in [1.165, 1.54) is 16.5 Å². The minimum absolute atomic E-state index is 0.141. The van der Waals surface area contributed by atoms with Crippen molar-refractivity contribution in [2.45, 2.75) is 30.4 Å². The van der Waals surface area contributed by atoms with Crippen molar-refractivity contribution in [2.24, 2.45) is 0 Å². The number of aliphatic hydroxyl groups excluding tert-OH is 1. The second-order valence-electron chi connectivity index (χ2n) is 7.18. The average molecular weight is 405 g/mol. The van der Waals surface area contributed by atoms with Crippen molar-refractivity contribution in [3.05, 3.63) is 59.4 Å². The van der Waals surface area contributed by atoms with E-state index in [0.29, 0.717) is 24.3 Å². The molecule has 4 nitrogen and oxygen atoms in total. The van der Waals surface area contributed by atoms with Gasteiger partial charge in [-0.05, 0) is 36.4 Å². The SMILES string of the molecule is COc1ccc(CN2CCN(Cc3cccc(SC)c3)CC2CCO)c(F)c1. The molecule has 1 aliphatic rings. The van der Waals surface area contributed by atoms with Gasteiger partial charge in [-0.15, -0.1) is 11.8 Å². The molecule has 1 heterocycles. The molecule has 0 spiro atoms. The summed E-state index contributed by atoms with van der Waals surface area (Å²) < 4.78 is 19.5. The maximum Gasteiger partial charge on any atom is 0.131 e. The lowest BCUT2D eigenvalue weighted by molar-refractivity contribution is 0.0492. The Labute approximate surface area is 171 Å². The number of methoxy groups -OCH3 is 1. The maximum atomic E-state index is 14.4. The maximum absolute atomic E-state index is 14.4. The van der Waals surface area contributed by atoms with Crippen LogP contribution in [-0.2, 0) is 13.1 Å². The van der Waals surface area contributed by atoms with Crippen LogP contribution in [0.3, 0.4) is 0 Å². The first-order chi connectivity index (χ1) is 13.6. The number of piperazine rings is 1. The molecule has 0 aromatic heterocycles. The Morgan fingerprint density at radius 2 is 2.04 bits per heavy atom. The number of halogens is 1. The van der Waals surface area contributed by atoms with Crippen molar-refractivity contribution in [2.75, 3.05) is 39.6 Å². The number of thioether (sulfide) groups is 1. The van der Waals surface area contributed by atoms with Gasteiger partial charge in [0.15, 0.2) is 0 Å². The summed E-state index contributed by atoms with van der Waals surface area (Å²) in [4.78, 5) is 5.99. The lowest BCUT2D eigenvalue weighted by Crippen LogP contribution is -2.52. The topological polar surface area (TPSA) is 35.9 Å².